The predicted octanol–water partition coefficient (Wildman–Crippen LogP) is 0.770. The number of Topliss-reactive ketones (excluding diaryl/α,β-unsaturated/α-hetero) is 2. The van der Waals surface area contributed by atoms with Crippen molar-refractivity contribution >= 4 is 11.6 Å². The number of carbonyl (C=O) groups excluding carboxylic acids is 2. The van der Waals surface area contributed by atoms with Crippen LogP contribution in [0.3, 0.4) is 0 Å². The molecule has 14 heavy (non-hydrogen) atoms. The molecule has 1 aromatic carbocycles. The van der Waals surface area contributed by atoms with Crippen molar-refractivity contribution < 1.29 is 14.5 Å². The van der Waals surface area contributed by atoms with Crippen LogP contribution in [0.2, 0.25) is 0 Å². The van der Waals surface area contributed by atoms with Gasteiger partial charge in [-0.15, -0.1) is 0 Å². The molecule has 1 aromatic rings. The van der Waals surface area contributed by atoms with Gasteiger partial charge < -0.3 is 0 Å². The summed E-state index contributed by atoms with van der Waals surface area (Å²) in [6, 6.07) is 4.51. The first kappa shape index (κ1) is 8.55. The molecular formula is C9H5NO4. The van der Waals surface area contributed by atoms with Gasteiger partial charge in [0.2, 0.25) is 5.78 Å². The minimum absolute atomic E-state index is 0.152. The Morgan fingerprint density at radius 1 is 1.21 bits per heavy atom. The third-order valence-corrected chi connectivity index (χ3v) is 2.18. The maximum absolute atomic E-state index is 11.3. The summed E-state index contributed by atoms with van der Waals surface area (Å²) < 4.78 is 0. The lowest BCUT2D eigenvalue weighted by Crippen LogP contribution is -2.19. The first-order valence-corrected chi connectivity index (χ1v) is 3.94. The summed E-state index contributed by atoms with van der Waals surface area (Å²) in [5, 5.41) is 10.6. The maximum Gasteiger partial charge on any atom is 0.304 e. The number of nitrogens with zero attached hydrogens (tertiary/aromatic N) is 1. The number of hydrogen-bond donors (Lipinski definition) is 0. The molecule has 5 nitrogen and oxygen atoms in total. The first-order chi connectivity index (χ1) is 6.63. The van der Waals surface area contributed by atoms with Crippen LogP contribution in [0.25, 0.3) is 0 Å². The van der Waals surface area contributed by atoms with Crippen LogP contribution in [0.4, 0.5) is 0 Å². The highest BCUT2D eigenvalue weighted by atomic mass is 16.6. The van der Waals surface area contributed by atoms with Gasteiger partial charge in [-0.3, -0.25) is 19.7 Å². The van der Waals surface area contributed by atoms with Crippen molar-refractivity contribution in [2.45, 2.75) is 6.04 Å². The summed E-state index contributed by atoms with van der Waals surface area (Å²) in [5.74, 6) is -1.71. The lowest BCUT2D eigenvalue weighted by Gasteiger charge is -1.98. The minimum atomic E-state index is -1.50. The van der Waals surface area contributed by atoms with E-state index in [1.807, 2.05) is 0 Å². The van der Waals surface area contributed by atoms with E-state index in [1.54, 1.807) is 12.1 Å². The van der Waals surface area contributed by atoms with Gasteiger partial charge in [0, 0.05) is 16.1 Å². The highest BCUT2D eigenvalue weighted by Crippen LogP contribution is 2.30. The third-order valence-electron chi connectivity index (χ3n) is 2.18. The van der Waals surface area contributed by atoms with Crippen LogP contribution in [0.5, 0.6) is 0 Å². The molecule has 0 radical (unpaired) electrons. The lowest BCUT2D eigenvalue weighted by atomic mass is 10.1. The van der Waals surface area contributed by atoms with Gasteiger partial charge in [-0.25, -0.2) is 0 Å². The van der Waals surface area contributed by atoms with Crippen molar-refractivity contribution in [1.29, 1.82) is 0 Å². The summed E-state index contributed by atoms with van der Waals surface area (Å²) in [7, 11) is 0. The van der Waals surface area contributed by atoms with E-state index in [-0.39, 0.29) is 11.1 Å². The van der Waals surface area contributed by atoms with Crippen molar-refractivity contribution in [3.8, 4) is 0 Å². The van der Waals surface area contributed by atoms with Crippen molar-refractivity contribution in [2.75, 3.05) is 0 Å². The smallest absolute Gasteiger partial charge is 0.285 e. The summed E-state index contributed by atoms with van der Waals surface area (Å²) in [6.07, 6.45) is 0. The second-order valence-electron chi connectivity index (χ2n) is 2.97. The van der Waals surface area contributed by atoms with Crippen molar-refractivity contribution in [3.05, 3.63) is 45.5 Å². The summed E-state index contributed by atoms with van der Waals surface area (Å²) in [5.41, 5.74) is 0.353. The Hall–Kier alpha value is -2.04. The average molecular weight is 191 g/mol. The van der Waals surface area contributed by atoms with E-state index in [2.05, 4.69) is 0 Å². The Morgan fingerprint density at radius 3 is 2.50 bits per heavy atom. The van der Waals surface area contributed by atoms with Crippen molar-refractivity contribution in [2.24, 2.45) is 0 Å². The van der Waals surface area contributed by atoms with Crippen LogP contribution in [-0.2, 0) is 4.79 Å². The largest absolute Gasteiger partial charge is 0.304 e. The maximum atomic E-state index is 11.3. The van der Waals surface area contributed by atoms with Crippen LogP contribution < -0.4 is 0 Å². The normalized spacial score (nSPS) is 19.6. The molecule has 1 aliphatic rings. The molecule has 0 fully saturated rings. The Balaban J connectivity index is 2.64. The molecule has 0 aliphatic heterocycles. The summed E-state index contributed by atoms with van der Waals surface area (Å²) >= 11 is 0. The molecule has 0 amide bonds. The molecule has 0 aromatic heterocycles. The number of fused-ring (bicyclic) bond motifs is 1. The number of ketones is 2. The molecule has 0 bridgehead atoms. The third kappa shape index (κ3) is 0.953. The zero-order valence-electron chi connectivity index (χ0n) is 6.97. The van der Waals surface area contributed by atoms with Crippen LogP contribution >= 0.6 is 0 Å². The zero-order chi connectivity index (χ0) is 10.3. The molecule has 1 unspecified atom stereocenters. The number of benzene rings is 1. The Morgan fingerprint density at radius 2 is 1.86 bits per heavy atom. The standard InChI is InChI=1S/C9H5NO4/c11-8-6-4-2-1-3-5(6)7(9(8)12)10(13)14/h1-4,7H. The number of nitro groups is 1. The van der Waals surface area contributed by atoms with E-state index < -0.39 is 22.5 Å². The number of carbonyl (C=O) groups is 2. The second-order valence-corrected chi connectivity index (χ2v) is 2.97. The fourth-order valence-electron chi connectivity index (χ4n) is 1.55. The van der Waals surface area contributed by atoms with E-state index in [0.717, 1.165) is 0 Å². The summed E-state index contributed by atoms with van der Waals surface area (Å²) in [6.45, 7) is 0. The van der Waals surface area contributed by atoms with Crippen LogP contribution in [-0.4, -0.2) is 16.5 Å². The molecule has 2 rings (SSSR count). The van der Waals surface area contributed by atoms with Crippen LogP contribution in [0.15, 0.2) is 24.3 Å². The molecule has 0 saturated heterocycles. The van der Waals surface area contributed by atoms with E-state index in [0.29, 0.717) is 0 Å². The first-order valence-electron chi connectivity index (χ1n) is 3.94. The van der Waals surface area contributed by atoms with E-state index in [4.69, 9.17) is 0 Å². The quantitative estimate of drug-likeness (QED) is 0.373. The molecule has 0 saturated carbocycles. The van der Waals surface area contributed by atoms with Gasteiger partial charge in [0.05, 0.1) is 0 Å². The SMILES string of the molecule is O=C1C(=O)C([N+](=O)[O-])c2ccccc21. The lowest BCUT2D eigenvalue weighted by molar-refractivity contribution is -0.511. The predicted molar refractivity (Wildman–Crippen MR) is 45.5 cm³/mol. The topological polar surface area (TPSA) is 77.3 Å². The monoisotopic (exact) mass is 191 g/mol. The summed E-state index contributed by atoms with van der Waals surface area (Å²) in [4.78, 5) is 32.3. The highest BCUT2D eigenvalue weighted by Gasteiger charge is 2.46. The van der Waals surface area contributed by atoms with Crippen molar-refractivity contribution in [1.82, 2.24) is 0 Å². The molecule has 1 atom stereocenters. The highest BCUT2D eigenvalue weighted by molar-refractivity contribution is 6.48. The van der Waals surface area contributed by atoms with Crippen molar-refractivity contribution in [3.63, 3.8) is 0 Å². The second kappa shape index (κ2) is 2.73. The molecule has 0 N–H and O–H groups in total. The van der Waals surface area contributed by atoms with Gasteiger partial charge in [-0.1, -0.05) is 24.3 Å². The van der Waals surface area contributed by atoms with Gasteiger partial charge in [-0.05, 0) is 0 Å². The van der Waals surface area contributed by atoms with E-state index >= 15 is 0 Å². The molecule has 0 heterocycles. The Bertz CT molecular complexity index is 452. The van der Waals surface area contributed by atoms with Gasteiger partial charge in [0.25, 0.3) is 5.78 Å². The molecule has 0 spiro atoms. The fourth-order valence-corrected chi connectivity index (χ4v) is 1.55. The minimum Gasteiger partial charge on any atom is -0.285 e. The fraction of sp³-hybridized carbons (Fsp3) is 0.111. The number of rotatable bonds is 1. The molecule has 70 valence electrons. The Labute approximate surface area is 78.5 Å². The zero-order valence-corrected chi connectivity index (χ0v) is 6.97. The molecule has 1 aliphatic carbocycles. The number of hydrogen-bond acceptors (Lipinski definition) is 4. The molecular weight excluding hydrogens is 186 g/mol. The van der Waals surface area contributed by atoms with Crippen LogP contribution in [0.1, 0.15) is 22.0 Å². The van der Waals surface area contributed by atoms with Gasteiger partial charge in [0.15, 0.2) is 0 Å². The Kier molecular flexibility index (Phi) is 1.67. The molecule has 5 heteroatoms. The van der Waals surface area contributed by atoms with Crippen LogP contribution in [0, 0.1) is 10.1 Å². The average Bonchev–Trinajstić information content (AvgIpc) is 2.41. The van der Waals surface area contributed by atoms with E-state index in [9.17, 15) is 19.7 Å². The van der Waals surface area contributed by atoms with Gasteiger partial charge >= 0.3 is 6.04 Å². The van der Waals surface area contributed by atoms with E-state index in [1.165, 1.54) is 12.1 Å². The van der Waals surface area contributed by atoms with Gasteiger partial charge in [-0.2, -0.15) is 0 Å². The van der Waals surface area contributed by atoms with Gasteiger partial charge in [0.1, 0.15) is 0 Å².